The molecule has 4 nitrogen and oxygen atoms in total. The molecule has 0 aliphatic heterocycles. The lowest BCUT2D eigenvalue weighted by Crippen LogP contribution is -2.18. The predicted octanol–water partition coefficient (Wildman–Crippen LogP) is 4.64. The first-order valence-corrected chi connectivity index (χ1v) is 7.25. The molecule has 0 saturated carbocycles. The van der Waals surface area contributed by atoms with Gasteiger partial charge in [0.05, 0.1) is 17.2 Å². The number of hydrogen-bond acceptors (Lipinski definition) is 4. The maximum atomic E-state index is 11.8. The summed E-state index contributed by atoms with van der Waals surface area (Å²) < 4.78 is 15.6. The Bertz CT molecular complexity index is 665. The van der Waals surface area contributed by atoms with E-state index in [0.717, 1.165) is 0 Å². The van der Waals surface area contributed by atoms with E-state index in [1.807, 2.05) is 0 Å². The number of para-hydroxylation sites is 2. The number of carbonyl (C=O) groups excluding carboxylic acids is 1. The van der Waals surface area contributed by atoms with Crippen LogP contribution in [-0.4, -0.2) is 19.7 Å². The van der Waals surface area contributed by atoms with E-state index in [2.05, 4.69) is 0 Å². The fourth-order valence-corrected chi connectivity index (χ4v) is 2.54. The lowest BCUT2D eigenvalue weighted by Gasteiger charge is -2.11. The summed E-state index contributed by atoms with van der Waals surface area (Å²) in [6.07, 6.45) is 0. The Labute approximate surface area is 142 Å². The molecule has 0 amide bonds. The van der Waals surface area contributed by atoms with Crippen LogP contribution in [0.4, 0.5) is 0 Å². The molecular weight excluding hydrogens is 351 g/mol. The van der Waals surface area contributed by atoms with Gasteiger partial charge in [0.1, 0.15) is 0 Å². The van der Waals surface area contributed by atoms with Crippen LogP contribution in [0.15, 0.2) is 36.4 Å². The third-order valence-electron chi connectivity index (χ3n) is 2.59. The lowest BCUT2D eigenvalue weighted by molar-refractivity contribution is -0.136. The average Bonchev–Trinajstić information content (AvgIpc) is 2.49. The highest BCUT2D eigenvalue weighted by Crippen LogP contribution is 2.36. The summed E-state index contributed by atoms with van der Waals surface area (Å²) in [6, 6.07) is 9.80. The van der Waals surface area contributed by atoms with Crippen molar-refractivity contribution in [3.63, 3.8) is 0 Å². The van der Waals surface area contributed by atoms with Crippen molar-refractivity contribution in [2.75, 3.05) is 13.7 Å². The second kappa shape index (κ2) is 7.58. The Morgan fingerprint density at radius 1 is 1.05 bits per heavy atom. The highest BCUT2D eigenvalue weighted by molar-refractivity contribution is 6.40. The molecule has 116 valence electrons. The van der Waals surface area contributed by atoms with E-state index in [4.69, 9.17) is 49.0 Å². The van der Waals surface area contributed by atoms with Gasteiger partial charge in [-0.05, 0) is 24.3 Å². The molecule has 7 heteroatoms. The summed E-state index contributed by atoms with van der Waals surface area (Å²) in [5.41, 5.74) is 0. The molecule has 2 aromatic carbocycles. The van der Waals surface area contributed by atoms with Crippen LogP contribution < -0.4 is 14.2 Å². The van der Waals surface area contributed by atoms with Crippen LogP contribution in [0.3, 0.4) is 0 Å². The van der Waals surface area contributed by atoms with Gasteiger partial charge in [0.25, 0.3) is 0 Å². The monoisotopic (exact) mass is 360 g/mol. The molecule has 2 aromatic rings. The van der Waals surface area contributed by atoms with Gasteiger partial charge in [-0.15, -0.1) is 0 Å². The molecule has 0 unspecified atom stereocenters. The van der Waals surface area contributed by atoms with E-state index in [1.54, 1.807) is 24.3 Å². The zero-order valence-electron chi connectivity index (χ0n) is 11.4. The van der Waals surface area contributed by atoms with E-state index in [0.29, 0.717) is 16.5 Å². The van der Waals surface area contributed by atoms with Crippen molar-refractivity contribution in [3.8, 4) is 17.2 Å². The molecule has 0 spiro atoms. The topological polar surface area (TPSA) is 44.8 Å². The van der Waals surface area contributed by atoms with Crippen LogP contribution in [-0.2, 0) is 4.79 Å². The number of esters is 1. The van der Waals surface area contributed by atoms with Gasteiger partial charge in [-0.25, -0.2) is 4.79 Å². The molecule has 2 rings (SSSR count). The SMILES string of the molecule is COc1ccccc1OCC(=O)Oc1c(Cl)cc(Cl)cc1Cl. The minimum absolute atomic E-state index is 0.0429. The van der Waals surface area contributed by atoms with Crippen LogP contribution in [0, 0.1) is 0 Å². The summed E-state index contributed by atoms with van der Waals surface area (Å²) in [5.74, 6) is 0.325. The van der Waals surface area contributed by atoms with Gasteiger partial charge in [0, 0.05) is 5.02 Å². The molecule has 0 aromatic heterocycles. The first-order chi connectivity index (χ1) is 10.5. The predicted molar refractivity (Wildman–Crippen MR) is 85.6 cm³/mol. The first kappa shape index (κ1) is 16.7. The zero-order chi connectivity index (χ0) is 16.1. The highest BCUT2D eigenvalue weighted by atomic mass is 35.5. The Kier molecular flexibility index (Phi) is 5.77. The fraction of sp³-hybridized carbons (Fsp3) is 0.133. The molecular formula is C15H11Cl3O4. The number of hydrogen-bond donors (Lipinski definition) is 0. The number of carbonyl (C=O) groups is 1. The third-order valence-corrected chi connectivity index (χ3v) is 3.37. The normalized spacial score (nSPS) is 10.2. The molecule has 0 aliphatic carbocycles. The molecule has 22 heavy (non-hydrogen) atoms. The summed E-state index contributed by atoms with van der Waals surface area (Å²) in [4.78, 5) is 11.8. The fourth-order valence-electron chi connectivity index (χ4n) is 1.64. The van der Waals surface area contributed by atoms with Gasteiger partial charge in [0.2, 0.25) is 0 Å². The number of rotatable bonds is 5. The molecule has 0 bridgehead atoms. The van der Waals surface area contributed by atoms with Crippen molar-refractivity contribution in [2.45, 2.75) is 0 Å². The molecule has 0 saturated heterocycles. The lowest BCUT2D eigenvalue weighted by atomic mass is 10.3. The average molecular weight is 362 g/mol. The number of methoxy groups -OCH3 is 1. The van der Waals surface area contributed by atoms with E-state index in [1.165, 1.54) is 19.2 Å². The summed E-state index contributed by atoms with van der Waals surface area (Å²) in [5, 5.41) is 0.631. The van der Waals surface area contributed by atoms with E-state index >= 15 is 0 Å². The highest BCUT2D eigenvalue weighted by Gasteiger charge is 2.15. The second-order valence-electron chi connectivity index (χ2n) is 4.11. The quantitative estimate of drug-likeness (QED) is 0.575. The molecule has 0 aliphatic rings. The Hall–Kier alpha value is -1.62. The standard InChI is InChI=1S/C15H11Cl3O4/c1-20-12-4-2-3-5-13(12)21-8-14(19)22-15-10(17)6-9(16)7-11(15)18/h2-7H,8H2,1H3. The van der Waals surface area contributed by atoms with Crippen molar-refractivity contribution in [1.29, 1.82) is 0 Å². The Balaban J connectivity index is 2.02. The molecule has 0 N–H and O–H groups in total. The van der Waals surface area contributed by atoms with E-state index < -0.39 is 5.97 Å². The summed E-state index contributed by atoms with van der Waals surface area (Å²) in [6.45, 7) is -0.324. The van der Waals surface area contributed by atoms with Crippen LogP contribution in [0.2, 0.25) is 15.1 Å². The molecule has 0 heterocycles. The van der Waals surface area contributed by atoms with Gasteiger partial charge in [0.15, 0.2) is 23.9 Å². The maximum Gasteiger partial charge on any atom is 0.349 e. The number of halogens is 3. The van der Waals surface area contributed by atoms with Gasteiger partial charge in [-0.1, -0.05) is 46.9 Å². The molecule has 0 atom stereocenters. The van der Waals surface area contributed by atoms with Crippen molar-refractivity contribution in [1.82, 2.24) is 0 Å². The largest absolute Gasteiger partial charge is 0.493 e. The van der Waals surface area contributed by atoms with Crippen molar-refractivity contribution < 1.29 is 19.0 Å². The third kappa shape index (κ3) is 4.19. The first-order valence-electron chi connectivity index (χ1n) is 6.12. The molecule has 0 radical (unpaired) electrons. The van der Waals surface area contributed by atoms with Crippen LogP contribution in [0.5, 0.6) is 17.2 Å². The summed E-state index contributed by atoms with van der Waals surface area (Å²) in [7, 11) is 1.51. The minimum atomic E-state index is -0.656. The number of benzene rings is 2. The van der Waals surface area contributed by atoms with Crippen LogP contribution in [0.1, 0.15) is 0 Å². The van der Waals surface area contributed by atoms with Gasteiger partial charge in [-0.3, -0.25) is 0 Å². The summed E-state index contributed by atoms with van der Waals surface area (Å²) >= 11 is 17.7. The van der Waals surface area contributed by atoms with Gasteiger partial charge < -0.3 is 14.2 Å². The number of ether oxygens (including phenoxy) is 3. The van der Waals surface area contributed by atoms with Crippen LogP contribution >= 0.6 is 34.8 Å². The van der Waals surface area contributed by atoms with Gasteiger partial charge in [-0.2, -0.15) is 0 Å². The second-order valence-corrected chi connectivity index (χ2v) is 5.36. The van der Waals surface area contributed by atoms with Gasteiger partial charge >= 0.3 is 5.97 Å². The zero-order valence-corrected chi connectivity index (χ0v) is 13.7. The van der Waals surface area contributed by atoms with Crippen molar-refractivity contribution >= 4 is 40.8 Å². The van der Waals surface area contributed by atoms with E-state index in [-0.39, 0.29) is 22.4 Å². The van der Waals surface area contributed by atoms with Crippen molar-refractivity contribution in [2.24, 2.45) is 0 Å². The smallest absolute Gasteiger partial charge is 0.349 e. The Morgan fingerprint density at radius 3 is 2.23 bits per heavy atom. The van der Waals surface area contributed by atoms with Crippen molar-refractivity contribution in [3.05, 3.63) is 51.5 Å². The maximum absolute atomic E-state index is 11.8. The molecule has 0 fully saturated rings. The minimum Gasteiger partial charge on any atom is -0.493 e. The van der Waals surface area contributed by atoms with Crippen LogP contribution in [0.25, 0.3) is 0 Å². The Morgan fingerprint density at radius 2 is 1.64 bits per heavy atom. The van der Waals surface area contributed by atoms with E-state index in [9.17, 15) is 4.79 Å².